The van der Waals surface area contributed by atoms with Crippen molar-refractivity contribution in [3.8, 4) is 0 Å². The quantitative estimate of drug-likeness (QED) is 0.251. The molecule has 1 N–H and O–H groups in total. The minimum Gasteiger partial charge on any atom is -0.359 e. The van der Waals surface area contributed by atoms with Crippen LogP contribution in [-0.2, 0) is 24.9 Å². The van der Waals surface area contributed by atoms with E-state index in [9.17, 15) is 4.39 Å². The summed E-state index contributed by atoms with van der Waals surface area (Å²) in [5.74, 6) is 0.410. The molecule has 0 radical (unpaired) electrons. The molecule has 3 rings (SSSR count). The van der Waals surface area contributed by atoms with Crippen molar-refractivity contribution in [2.75, 3.05) is 5.32 Å². The predicted octanol–water partition coefficient (Wildman–Crippen LogP) is 11.3. The van der Waals surface area contributed by atoms with Crippen LogP contribution in [-0.4, -0.2) is 0 Å². The second-order valence-electron chi connectivity index (χ2n) is 11.6. The third-order valence-electron chi connectivity index (χ3n) is 7.92. The molecule has 0 aromatic heterocycles. The van der Waals surface area contributed by atoms with Gasteiger partial charge in [0, 0.05) is 23.4 Å². The lowest BCUT2D eigenvalue weighted by molar-refractivity contribution is 0.213. The van der Waals surface area contributed by atoms with Crippen molar-refractivity contribution in [3.05, 3.63) is 88.4 Å². The Morgan fingerprint density at radius 3 is 2.31 bits per heavy atom. The van der Waals surface area contributed by atoms with Crippen LogP contribution in [0.15, 0.2) is 54.8 Å². The Hall–Kier alpha value is -2.42. The van der Waals surface area contributed by atoms with E-state index in [0.29, 0.717) is 17.7 Å². The van der Waals surface area contributed by atoms with Crippen LogP contribution >= 0.6 is 0 Å². The SMILES string of the molecule is C=C(CCc1ccc(C)c(NC(=C)Cc2cccc(C(C)(C)F)c2F)c1CCC)CCC1CCCCC1.CC. The molecule has 3 heteroatoms. The first kappa shape index (κ1) is 32.8. The number of aryl methyl sites for hydroxylation is 2. The molecule has 0 unspecified atom stereocenters. The van der Waals surface area contributed by atoms with Crippen LogP contribution in [0.5, 0.6) is 0 Å². The summed E-state index contributed by atoms with van der Waals surface area (Å²) in [7, 11) is 0. The number of nitrogens with one attached hydrogen (secondary N) is 1. The number of benzene rings is 2. The number of alkyl halides is 1. The van der Waals surface area contributed by atoms with E-state index >= 15 is 4.39 Å². The van der Waals surface area contributed by atoms with E-state index < -0.39 is 11.5 Å². The predicted molar refractivity (Wildman–Crippen MR) is 167 cm³/mol. The topological polar surface area (TPSA) is 12.0 Å². The first-order chi connectivity index (χ1) is 18.6. The van der Waals surface area contributed by atoms with E-state index in [1.807, 2.05) is 13.8 Å². The monoisotopic (exact) mass is 537 g/mol. The third-order valence-corrected chi connectivity index (χ3v) is 7.92. The van der Waals surface area contributed by atoms with Gasteiger partial charge in [0.15, 0.2) is 0 Å². The highest BCUT2D eigenvalue weighted by atomic mass is 19.1. The summed E-state index contributed by atoms with van der Waals surface area (Å²) < 4.78 is 29.5. The molecule has 0 saturated heterocycles. The minimum atomic E-state index is -1.73. The largest absolute Gasteiger partial charge is 0.359 e. The van der Waals surface area contributed by atoms with Gasteiger partial charge in [-0.25, -0.2) is 8.78 Å². The van der Waals surface area contributed by atoms with Gasteiger partial charge in [-0.3, -0.25) is 0 Å². The number of hydrogen-bond acceptors (Lipinski definition) is 1. The summed E-state index contributed by atoms with van der Waals surface area (Å²) in [5.41, 5.74) is 5.81. The van der Waals surface area contributed by atoms with Gasteiger partial charge in [-0.15, -0.1) is 0 Å². The Morgan fingerprint density at radius 2 is 1.67 bits per heavy atom. The molecule has 1 saturated carbocycles. The molecular weight excluding hydrogens is 484 g/mol. The lowest BCUT2D eigenvalue weighted by Crippen LogP contribution is -2.14. The molecular formula is C36H53F2N. The molecule has 0 aliphatic heterocycles. The van der Waals surface area contributed by atoms with Gasteiger partial charge in [0.05, 0.1) is 0 Å². The molecule has 0 spiro atoms. The summed E-state index contributed by atoms with van der Waals surface area (Å²) >= 11 is 0. The smallest absolute Gasteiger partial charge is 0.133 e. The zero-order valence-electron chi connectivity index (χ0n) is 25.6. The van der Waals surface area contributed by atoms with Crippen LogP contribution in [0.25, 0.3) is 0 Å². The van der Waals surface area contributed by atoms with Crippen LogP contribution in [0.4, 0.5) is 14.5 Å². The van der Waals surface area contributed by atoms with Crippen molar-refractivity contribution >= 4 is 5.69 Å². The zero-order valence-corrected chi connectivity index (χ0v) is 25.6. The van der Waals surface area contributed by atoms with Crippen molar-refractivity contribution in [1.82, 2.24) is 0 Å². The van der Waals surface area contributed by atoms with Gasteiger partial charge in [-0.1, -0.05) is 108 Å². The molecule has 2 aromatic rings. The molecule has 1 fully saturated rings. The Balaban J connectivity index is 0.00000260. The van der Waals surface area contributed by atoms with Crippen LogP contribution in [0.2, 0.25) is 0 Å². The lowest BCUT2D eigenvalue weighted by atomic mass is 9.84. The van der Waals surface area contributed by atoms with Crippen molar-refractivity contribution < 1.29 is 8.78 Å². The Kier molecular flexibility index (Phi) is 13.4. The standard InChI is InChI=1S/C34H47F2N.C2H6/c1-7-12-30-28(21-18-24(2)17-20-27-13-9-8-10-14-27)22-19-25(3)33(30)37-26(4)23-29-15-11-16-31(32(29)35)34(5,6)36;1-2/h11,15-16,19,22,27,37H,2,4,7-10,12-14,17-18,20-21,23H2,1,3,5-6H3;1-2H3. The Bertz CT molecular complexity index is 1070. The average Bonchev–Trinajstić information content (AvgIpc) is 2.91. The number of hydrogen-bond donors (Lipinski definition) is 1. The average molecular weight is 538 g/mol. The molecule has 0 atom stereocenters. The lowest BCUT2D eigenvalue weighted by Gasteiger charge is -2.22. The maximum atomic E-state index is 15.1. The van der Waals surface area contributed by atoms with E-state index in [4.69, 9.17) is 0 Å². The minimum absolute atomic E-state index is 0.0892. The van der Waals surface area contributed by atoms with E-state index in [1.54, 1.807) is 12.1 Å². The normalized spacial score (nSPS) is 13.9. The summed E-state index contributed by atoms with van der Waals surface area (Å²) in [6.07, 6.45) is 13.8. The van der Waals surface area contributed by atoms with E-state index in [-0.39, 0.29) is 5.56 Å². The summed E-state index contributed by atoms with van der Waals surface area (Å²) in [5, 5.41) is 3.52. The number of allylic oxidation sites excluding steroid dienone is 2. The molecule has 216 valence electrons. The maximum Gasteiger partial charge on any atom is 0.133 e. The molecule has 0 amide bonds. The fourth-order valence-electron chi connectivity index (χ4n) is 5.70. The molecule has 39 heavy (non-hydrogen) atoms. The van der Waals surface area contributed by atoms with Crippen LogP contribution in [0, 0.1) is 18.7 Å². The van der Waals surface area contributed by atoms with Crippen molar-refractivity contribution in [2.45, 2.75) is 124 Å². The van der Waals surface area contributed by atoms with E-state index in [1.165, 1.54) is 75.1 Å². The van der Waals surface area contributed by atoms with Crippen molar-refractivity contribution in [1.29, 1.82) is 0 Å². The van der Waals surface area contributed by atoms with Crippen LogP contribution < -0.4 is 5.32 Å². The van der Waals surface area contributed by atoms with Gasteiger partial charge in [0.25, 0.3) is 0 Å². The van der Waals surface area contributed by atoms with Crippen LogP contribution in [0.3, 0.4) is 0 Å². The summed E-state index contributed by atoms with van der Waals surface area (Å²) in [6.45, 7) is 19.7. The maximum absolute atomic E-state index is 15.1. The fourth-order valence-corrected chi connectivity index (χ4v) is 5.70. The van der Waals surface area contributed by atoms with Crippen molar-refractivity contribution in [2.24, 2.45) is 5.92 Å². The van der Waals surface area contributed by atoms with Gasteiger partial charge >= 0.3 is 0 Å². The highest BCUT2D eigenvalue weighted by molar-refractivity contribution is 5.63. The first-order valence-electron chi connectivity index (χ1n) is 15.3. The Morgan fingerprint density at radius 1 is 0.974 bits per heavy atom. The number of halogens is 2. The number of rotatable bonds is 13. The third kappa shape index (κ3) is 9.92. The highest BCUT2D eigenvalue weighted by Gasteiger charge is 2.24. The molecule has 1 aliphatic rings. The number of anilines is 1. The summed E-state index contributed by atoms with van der Waals surface area (Å²) in [6, 6.07) is 9.38. The highest BCUT2D eigenvalue weighted by Crippen LogP contribution is 2.33. The van der Waals surface area contributed by atoms with Gasteiger partial charge in [-0.2, -0.15) is 0 Å². The van der Waals surface area contributed by atoms with Gasteiger partial charge < -0.3 is 5.32 Å². The second kappa shape index (κ2) is 16.0. The van der Waals surface area contributed by atoms with Crippen molar-refractivity contribution in [3.63, 3.8) is 0 Å². The molecule has 2 aromatic carbocycles. The molecule has 1 nitrogen and oxygen atoms in total. The van der Waals surface area contributed by atoms with E-state index in [2.05, 4.69) is 44.5 Å². The first-order valence-corrected chi connectivity index (χ1v) is 15.3. The fraction of sp³-hybridized carbons (Fsp3) is 0.556. The Labute approximate surface area is 238 Å². The summed E-state index contributed by atoms with van der Waals surface area (Å²) in [4.78, 5) is 0. The zero-order chi connectivity index (χ0) is 29.0. The second-order valence-corrected chi connectivity index (χ2v) is 11.6. The van der Waals surface area contributed by atoms with Gasteiger partial charge in [0.2, 0.25) is 0 Å². The van der Waals surface area contributed by atoms with Crippen LogP contribution in [0.1, 0.15) is 120 Å². The van der Waals surface area contributed by atoms with Gasteiger partial charge in [-0.05, 0) is 81.0 Å². The van der Waals surface area contributed by atoms with E-state index in [0.717, 1.165) is 49.3 Å². The van der Waals surface area contributed by atoms with Gasteiger partial charge in [0.1, 0.15) is 11.5 Å². The molecule has 0 bridgehead atoms. The molecule has 0 heterocycles. The molecule has 1 aliphatic carbocycles.